The largest absolute Gasteiger partial charge is 0.550 e. The van der Waals surface area contributed by atoms with Crippen molar-refractivity contribution in [1.29, 1.82) is 0 Å². The number of rotatable bonds is 7. The molecule has 160 valence electrons. The number of amidine groups is 1. The summed E-state index contributed by atoms with van der Waals surface area (Å²) in [7, 11) is 1.46. The Morgan fingerprint density at radius 3 is 2.61 bits per heavy atom. The van der Waals surface area contributed by atoms with Crippen LogP contribution in [0.15, 0.2) is 52.7 Å². The third-order valence-electron chi connectivity index (χ3n) is 4.16. The smallest absolute Gasteiger partial charge is 0.343 e. The van der Waals surface area contributed by atoms with Gasteiger partial charge in [0.1, 0.15) is 0 Å². The van der Waals surface area contributed by atoms with E-state index in [4.69, 9.17) is 9.47 Å². The van der Waals surface area contributed by atoms with Crippen molar-refractivity contribution in [3.8, 4) is 11.5 Å². The van der Waals surface area contributed by atoms with E-state index in [0.717, 1.165) is 17.3 Å². The highest BCUT2D eigenvalue weighted by Gasteiger charge is 2.30. The number of amides is 1. The maximum absolute atomic E-state index is 12.4. The van der Waals surface area contributed by atoms with E-state index >= 15 is 0 Å². The van der Waals surface area contributed by atoms with Crippen molar-refractivity contribution in [3.05, 3.63) is 59.2 Å². The van der Waals surface area contributed by atoms with Gasteiger partial charge in [-0.1, -0.05) is 29.5 Å². The van der Waals surface area contributed by atoms with Crippen molar-refractivity contribution in [2.45, 2.75) is 18.6 Å². The van der Waals surface area contributed by atoms with Gasteiger partial charge in [-0.25, -0.2) is 4.79 Å². The van der Waals surface area contributed by atoms with Crippen molar-refractivity contribution in [1.82, 2.24) is 5.32 Å². The van der Waals surface area contributed by atoms with Crippen molar-refractivity contribution >= 4 is 41.0 Å². The fraction of sp³-hybridized carbons (Fsp3) is 0.190. The number of esters is 1. The predicted molar refractivity (Wildman–Crippen MR) is 113 cm³/mol. The second kappa shape index (κ2) is 9.90. The average molecular weight is 440 g/mol. The van der Waals surface area contributed by atoms with Crippen molar-refractivity contribution in [2.24, 2.45) is 10.2 Å². The molecule has 0 unspecified atom stereocenters. The molecule has 10 heteroatoms. The number of aryl methyl sites for hydroxylation is 1. The number of aliphatic carboxylic acids is 1. The van der Waals surface area contributed by atoms with Gasteiger partial charge in [0.15, 0.2) is 16.7 Å². The molecule has 0 bridgehead atoms. The van der Waals surface area contributed by atoms with Crippen molar-refractivity contribution in [2.75, 3.05) is 7.11 Å². The minimum atomic E-state index is -1.32. The van der Waals surface area contributed by atoms with Gasteiger partial charge < -0.3 is 24.7 Å². The quantitative estimate of drug-likeness (QED) is 0.297. The molecule has 0 spiro atoms. The predicted octanol–water partition coefficient (Wildman–Crippen LogP) is 1.28. The molecule has 2 aromatic carbocycles. The van der Waals surface area contributed by atoms with Gasteiger partial charge in [-0.05, 0) is 42.8 Å². The molecule has 0 radical (unpaired) electrons. The van der Waals surface area contributed by atoms with Crippen LogP contribution in [0.3, 0.4) is 0 Å². The molecule has 0 aromatic heterocycles. The fourth-order valence-electron chi connectivity index (χ4n) is 2.59. The maximum atomic E-state index is 12.4. The molecule has 1 atom stereocenters. The van der Waals surface area contributed by atoms with Gasteiger partial charge in [0.25, 0.3) is 0 Å². The van der Waals surface area contributed by atoms with E-state index in [1.165, 1.54) is 13.3 Å². The zero-order chi connectivity index (χ0) is 22.4. The van der Waals surface area contributed by atoms with Gasteiger partial charge in [0.05, 0.1) is 24.1 Å². The Morgan fingerprint density at radius 1 is 1.19 bits per heavy atom. The van der Waals surface area contributed by atoms with E-state index in [-0.39, 0.29) is 10.9 Å². The Labute approximate surface area is 182 Å². The molecular formula is C21H18N3O6S-. The van der Waals surface area contributed by atoms with Gasteiger partial charge in [0.2, 0.25) is 5.91 Å². The lowest BCUT2D eigenvalue weighted by Gasteiger charge is -2.10. The van der Waals surface area contributed by atoms with Gasteiger partial charge in [0, 0.05) is 12.4 Å². The summed E-state index contributed by atoms with van der Waals surface area (Å²) >= 11 is 0.964. The lowest BCUT2D eigenvalue weighted by Crippen LogP contribution is -2.31. The number of carbonyl (C=O) groups excluding carboxylic acids is 3. The minimum Gasteiger partial charge on any atom is -0.550 e. The molecule has 3 rings (SSSR count). The topological polar surface area (TPSA) is 129 Å². The monoisotopic (exact) mass is 440 g/mol. The van der Waals surface area contributed by atoms with Crippen LogP contribution in [0, 0.1) is 6.92 Å². The summed E-state index contributed by atoms with van der Waals surface area (Å²) < 4.78 is 10.7. The number of thioether (sulfide) groups is 1. The van der Waals surface area contributed by atoms with Gasteiger partial charge in [-0.15, -0.1) is 5.10 Å². The molecule has 0 saturated carbocycles. The second-order valence-electron chi connectivity index (χ2n) is 6.49. The summed E-state index contributed by atoms with van der Waals surface area (Å²) in [4.78, 5) is 34.7. The number of carboxylic acid groups (broad SMARTS) is 1. The lowest BCUT2D eigenvalue weighted by molar-refractivity contribution is -0.305. The average Bonchev–Trinajstić information content (AvgIpc) is 3.07. The SMILES string of the molecule is COc1ccc(/C=N\N=C2\NC(=O)[C@H](CC(=O)[O-])S2)cc1OC(=O)c1ccc(C)cc1. The Bertz CT molecular complexity index is 1070. The van der Waals surface area contributed by atoms with Gasteiger partial charge in [-0.3, -0.25) is 4.79 Å². The molecule has 1 N–H and O–H groups in total. The molecule has 1 heterocycles. The third-order valence-corrected chi connectivity index (χ3v) is 5.23. The van der Waals surface area contributed by atoms with E-state index in [1.54, 1.807) is 30.3 Å². The molecule has 1 fully saturated rings. The fourth-order valence-corrected chi connectivity index (χ4v) is 3.50. The standard InChI is InChI=1S/C21H19N3O6S/c1-12-3-6-14(7-4-12)20(28)30-16-9-13(5-8-15(16)29-2)11-22-24-21-23-19(27)17(31-21)10-18(25)26/h3-9,11,17H,10H2,1-2H3,(H,25,26)(H,23,24,27)/p-1/b22-11-/t17-/m0/s1. The molecule has 9 nitrogen and oxygen atoms in total. The normalized spacial score (nSPS) is 17.0. The van der Waals surface area contributed by atoms with E-state index in [0.29, 0.717) is 16.9 Å². The van der Waals surface area contributed by atoms with Crippen LogP contribution >= 0.6 is 11.8 Å². The van der Waals surface area contributed by atoms with Crippen LogP contribution in [-0.4, -0.2) is 41.6 Å². The first-order valence-electron chi connectivity index (χ1n) is 9.11. The Balaban J connectivity index is 1.71. The number of hydrogen-bond donors (Lipinski definition) is 1. The summed E-state index contributed by atoms with van der Waals surface area (Å²) in [6, 6.07) is 11.8. The Morgan fingerprint density at radius 2 is 1.94 bits per heavy atom. The van der Waals surface area contributed by atoms with E-state index in [2.05, 4.69) is 15.5 Å². The highest BCUT2D eigenvalue weighted by molar-refractivity contribution is 8.15. The van der Waals surface area contributed by atoms with E-state index in [9.17, 15) is 19.5 Å². The van der Waals surface area contributed by atoms with Crippen LogP contribution in [-0.2, 0) is 9.59 Å². The number of methoxy groups -OCH3 is 1. The first-order valence-corrected chi connectivity index (χ1v) is 9.99. The van der Waals surface area contributed by atoms with Crippen molar-refractivity contribution < 1.29 is 29.0 Å². The molecule has 1 saturated heterocycles. The zero-order valence-electron chi connectivity index (χ0n) is 16.7. The van der Waals surface area contributed by atoms with Crippen LogP contribution in [0.25, 0.3) is 0 Å². The molecule has 1 aliphatic heterocycles. The van der Waals surface area contributed by atoms with Crippen LogP contribution in [0.2, 0.25) is 0 Å². The maximum Gasteiger partial charge on any atom is 0.343 e. The highest BCUT2D eigenvalue weighted by atomic mass is 32.2. The minimum absolute atomic E-state index is 0.187. The first-order chi connectivity index (χ1) is 14.9. The van der Waals surface area contributed by atoms with Gasteiger partial charge in [-0.2, -0.15) is 5.10 Å². The molecule has 0 aliphatic carbocycles. The number of nitrogens with zero attached hydrogens (tertiary/aromatic N) is 2. The second-order valence-corrected chi connectivity index (χ2v) is 7.68. The van der Waals surface area contributed by atoms with Crippen LogP contribution in [0.4, 0.5) is 0 Å². The number of ether oxygens (including phenoxy) is 2. The molecule has 1 aliphatic rings. The Kier molecular flexibility index (Phi) is 7.03. The first kappa shape index (κ1) is 22.0. The summed E-state index contributed by atoms with van der Waals surface area (Å²) in [6.45, 7) is 1.92. The third kappa shape index (κ3) is 5.92. The summed E-state index contributed by atoms with van der Waals surface area (Å²) in [5.74, 6) is -1.73. The number of nitrogens with one attached hydrogen (secondary N) is 1. The Hall–Kier alpha value is -3.66. The summed E-state index contributed by atoms with van der Waals surface area (Å²) in [6.07, 6.45) is 0.988. The van der Waals surface area contributed by atoms with Crippen molar-refractivity contribution in [3.63, 3.8) is 0 Å². The molecule has 31 heavy (non-hydrogen) atoms. The molecular weight excluding hydrogens is 422 g/mol. The van der Waals surface area contributed by atoms with Crippen LogP contribution < -0.4 is 19.9 Å². The molecule has 2 aromatic rings. The van der Waals surface area contributed by atoms with Crippen LogP contribution in [0.5, 0.6) is 11.5 Å². The number of benzene rings is 2. The lowest BCUT2D eigenvalue weighted by atomic mass is 10.1. The van der Waals surface area contributed by atoms with E-state index in [1.807, 2.05) is 19.1 Å². The van der Waals surface area contributed by atoms with Crippen LogP contribution in [0.1, 0.15) is 27.9 Å². The highest BCUT2D eigenvalue weighted by Crippen LogP contribution is 2.28. The van der Waals surface area contributed by atoms with Gasteiger partial charge >= 0.3 is 5.97 Å². The zero-order valence-corrected chi connectivity index (χ0v) is 17.5. The summed E-state index contributed by atoms with van der Waals surface area (Å²) in [5, 5.41) is 20.3. The number of hydrogen-bond acceptors (Lipinski definition) is 9. The molecule has 1 amide bonds. The van der Waals surface area contributed by atoms with E-state index < -0.39 is 29.5 Å². The number of carboxylic acids is 1. The number of carbonyl (C=O) groups is 3. The summed E-state index contributed by atoms with van der Waals surface area (Å²) in [5.41, 5.74) is 1.99.